The van der Waals surface area contributed by atoms with Crippen molar-refractivity contribution in [3.05, 3.63) is 52.0 Å². The molecule has 0 saturated carbocycles. The van der Waals surface area contributed by atoms with Gasteiger partial charge in [-0.2, -0.15) is 0 Å². The highest BCUT2D eigenvalue weighted by Gasteiger charge is 2.19. The number of benzene rings is 2. The summed E-state index contributed by atoms with van der Waals surface area (Å²) in [6.45, 7) is 0.933. The van der Waals surface area contributed by atoms with Crippen LogP contribution >= 0.6 is 15.9 Å². The minimum absolute atomic E-state index is 0.301. The van der Waals surface area contributed by atoms with Crippen LogP contribution in [-0.4, -0.2) is 32.2 Å². The Bertz CT molecular complexity index is 788. The van der Waals surface area contributed by atoms with E-state index >= 15 is 0 Å². The third kappa shape index (κ3) is 3.35. The monoisotopic (exact) mass is 391 g/mol. The fraction of sp³-hybridized carbons (Fsp3) is 0.176. The van der Waals surface area contributed by atoms with Gasteiger partial charge in [0.05, 0.1) is 18.2 Å². The minimum atomic E-state index is -0.428. The van der Waals surface area contributed by atoms with Crippen LogP contribution in [0.4, 0.5) is 5.69 Å². The Kier molecular flexibility index (Phi) is 4.71. The number of ether oxygens (including phenoxy) is 3. The third-order valence-electron chi connectivity index (χ3n) is 3.44. The van der Waals surface area contributed by atoms with E-state index in [1.54, 1.807) is 36.4 Å². The number of hydrogen-bond acceptors (Lipinski definition) is 5. The quantitative estimate of drug-likeness (QED) is 0.812. The molecule has 7 heteroatoms. The first-order chi connectivity index (χ1) is 11.6. The molecule has 1 amide bonds. The van der Waals surface area contributed by atoms with Crippen LogP contribution in [0.5, 0.6) is 11.5 Å². The molecule has 124 valence electrons. The van der Waals surface area contributed by atoms with E-state index in [-0.39, 0.29) is 5.91 Å². The van der Waals surface area contributed by atoms with Gasteiger partial charge < -0.3 is 19.5 Å². The van der Waals surface area contributed by atoms with Gasteiger partial charge in [-0.25, -0.2) is 4.79 Å². The average Bonchev–Trinajstić information content (AvgIpc) is 2.61. The number of nitrogens with one attached hydrogen (secondary N) is 1. The summed E-state index contributed by atoms with van der Waals surface area (Å²) in [6, 6.07) is 9.78. The summed E-state index contributed by atoms with van der Waals surface area (Å²) in [5.74, 6) is 0.412. The van der Waals surface area contributed by atoms with Crippen molar-refractivity contribution in [1.82, 2.24) is 0 Å². The molecule has 24 heavy (non-hydrogen) atoms. The van der Waals surface area contributed by atoms with Crippen molar-refractivity contribution in [3.8, 4) is 11.5 Å². The molecule has 0 atom stereocenters. The normalized spacial score (nSPS) is 12.4. The van der Waals surface area contributed by atoms with Gasteiger partial charge in [0.15, 0.2) is 11.5 Å². The van der Waals surface area contributed by atoms with Gasteiger partial charge in [0.25, 0.3) is 5.91 Å². The van der Waals surface area contributed by atoms with Crippen LogP contribution in [0.25, 0.3) is 0 Å². The minimum Gasteiger partial charge on any atom is -0.486 e. The summed E-state index contributed by atoms with van der Waals surface area (Å²) in [7, 11) is 1.32. The Morgan fingerprint density at radius 2 is 1.71 bits per heavy atom. The van der Waals surface area contributed by atoms with Gasteiger partial charge in [-0.05, 0) is 52.3 Å². The number of methoxy groups -OCH3 is 1. The number of rotatable bonds is 3. The highest BCUT2D eigenvalue weighted by molar-refractivity contribution is 9.10. The number of amides is 1. The fourth-order valence-electron chi connectivity index (χ4n) is 2.24. The molecule has 2 aromatic rings. The first-order valence-electron chi connectivity index (χ1n) is 7.17. The van der Waals surface area contributed by atoms with E-state index in [0.29, 0.717) is 46.0 Å². The molecule has 2 aromatic carbocycles. The summed E-state index contributed by atoms with van der Waals surface area (Å²) >= 11 is 3.37. The summed E-state index contributed by atoms with van der Waals surface area (Å²) in [5.41, 5.74) is 1.40. The molecule has 6 nitrogen and oxygen atoms in total. The average molecular weight is 392 g/mol. The van der Waals surface area contributed by atoms with Crippen LogP contribution in [0.1, 0.15) is 20.7 Å². The number of carbonyl (C=O) groups is 2. The van der Waals surface area contributed by atoms with Gasteiger partial charge in [-0.3, -0.25) is 4.79 Å². The van der Waals surface area contributed by atoms with E-state index in [4.69, 9.17) is 9.47 Å². The van der Waals surface area contributed by atoms with Crippen molar-refractivity contribution in [1.29, 1.82) is 0 Å². The van der Waals surface area contributed by atoms with Gasteiger partial charge in [0.2, 0.25) is 0 Å². The van der Waals surface area contributed by atoms with Gasteiger partial charge in [0, 0.05) is 10.2 Å². The number of fused-ring (bicyclic) bond motifs is 1. The molecule has 0 unspecified atom stereocenters. The lowest BCUT2D eigenvalue weighted by Crippen LogP contribution is -2.18. The molecule has 0 aromatic heterocycles. The number of esters is 1. The van der Waals surface area contributed by atoms with E-state index in [1.165, 1.54) is 7.11 Å². The predicted molar refractivity (Wildman–Crippen MR) is 90.9 cm³/mol. The van der Waals surface area contributed by atoms with Crippen molar-refractivity contribution in [2.24, 2.45) is 0 Å². The van der Waals surface area contributed by atoms with Crippen LogP contribution in [0.3, 0.4) is 0 Å². The molecule has 1 aliphatic heterocycles. The van der Waals surface area contributed by atoms with E-state index in [2.05, 4.69) is 26.0 Å². The second-order valence-corrected chi connectivity index (χ2v) is 5.85. The highest BCUT2D eigenvalue weighted by atomic mass is 79.9. The molecule has 0 radical (unpaired) electrons. The van der Waals surface area contributed by atoms with Gasteiger partial charge >= 0.3 is 5.97 Å². The number of halogens is 1. The Morgan fingerprint density at radius 1 is 1.08 bits per heavy atom. The van der Waals surface area contributed by atoms with Crippen LogP contribution in [0.15, 0.2) is 40.9 Å². The van der Waals surface area contributed by atoms with Crippen molar-refractivity contribution in [2.75, 3.05) is 25.6 Å². The van der Waals surface area contributed by atoms with E-state index in [9.17, 15) is 9.59 Å². The zero-order valence-electron chi connectivity index (χ0n) is 12.8. The zero-order chi connectivity index (χ0) is 17.1. The molecular formula is C17H14BrNO5. The lowest BCUT2D eigenvalue weighted by atomic mass is 10.1. The molecule has 0 saturated heterocycles. The molecule has 0 spiro atoms. The van der Waals surface area contributed by atoms with Gasteiger partial charge in [0.1, 0.15) is 13.2 Å². The molecule has 0 bridgehead atoms. The number of anilines is 1. The maximum atomic E-state index is 12.5. The smallest absolute Gasteiger partial charge is 0.337 e. The topological polar surface area (TPSA) is 73.9 Å². The highest BCUT2D eigenvalue weighted by Crippen LogP contribution is 2.35. The van der Waals surface area contributed by atoms with Crippen LogP contribution in [0, 0.1) is 0 Å². The van der Waals surface area contributed by atoms with Crippen LogP contribution < -0.4 is 14.8 Å². The number of hydrogen-bond donors (Lipinski definition) is 1. The summed E-state index contributed by atoms with van der Waals surface area (Å²) in [6.07, 6.45) is 0. The molecular weight excluding hydrogens is 378 g/mol. The second kappa shape index (κ2) is 6.92. The maximum Gasteiger partial charge on any atom is 0.337 e. The first-order valence-corrected chi connectivity index (χ1v) is 7.96. The molecule has 0 aliphatic carbocycles. The Morgan fingerprint density at radius 3 is 2.33 bits per heavy atom. The summed E-state index contributed by atoms with van der Waals surface area (Å²) in [4.78, 5) is 23.9. The fourth-order valence-corrected chi connectivity index (χ4v) is 2.75. The zero-order valence-corrected chi connectivity index (χ0v) is 14.4. The SMILES string of the molecule is COC(=O)c1ccc(NC(=O)c2cc3c(cc2Br)OCCO3)cc1. The standard InChI is InChI=1S/C17H14BrNO5/c1-22-17(21)10-2-4-11(5-3-10)19-16(20)12-8-14-15(9-13(12)18)24-7-6-23-14/h2-5,8-9H,6-7H2,1H3,(H,19,20). The molecule has 1 N–H and O–H groups in total. The molecule has 1 heterocycles. The van der Waals surface area contributed by atoms with Gasteiger partial charge in [-0.1, -0.05) is 0 Å². The van der Waals surface area contributed by atoms with Gasteiger partial charge in [-0.15, -0.1) is 0 Å². The van der Waals surface area contributed by atoms with E-state index in [0.717, 1.165) is 0 Å². The Hall–Kier alpha value is -2.54. The predicted octanol–water partition coefficient (Wildman–Crippen LogP) is 3.26. The Labute approximate surface area is 146 Å². The number of carbonyl (C=O) groups excluding carboxylic acids is 2. The maximum absolute atomic E-state index is 12.5. The third-order valence-corrected chi connectivity index (χ3v) is 4.10. The largest absolute Gasteiger partial charge is 0.486 e. The first kappa shape index (κ1) is 16.3. The van der Waals surface area contributed by atoms with Crippen molar-refractivity contribution >= 4 is 33.5 Å². The summed E-state index contributed by atoms with van der Waals surface area (Å²) < 4.78 is 16.2. The molecule has 3 rings (SSSR count). The van der Waals surface area contributed by atoms with Crippen molar-refractivity contribution in [2.45, 2.75) is 0 Å². The van der Waals surface area contributed by atoms with E-state index < -0.39 is 5.97 Å². The summed E-state index contributed by atoms with van der Waals surface area (Å²) in [5, 5.41) is 2.77. The molecule has 0 fully saturated rings. The van der Waals surface area contributed by atoms with E-state index in [1.807, 2.05) is 0 Å². The molecule has 1 aliphatic rings. The lowest BCUT2D eigenvalue weighted by molar-refractivity contribution is 0.0600. The van der Waals surface area contributed by atoms with Crippen molar-refractivity contribution < 1.29 is 23.8 Å². The Balaban J connectivity index is 1.78. The lowest BCUT2D eigenvalue weighted by Gasteiger charge is -2.19. The van der Waals surface area contributed by atoms with Crippen LogP contribution in [-0.2, 0) is 4.74 Å². The second-order valence-electron chi connectivity index (χ2n) is 5.00. The van der Waals surface area contributed by atoms with Crippen LogP contribution in [0.2, 0.25) is 0 Å². The van der Waals surface area contributed by atoms with Crippen molar-refractivity contribution in [3.63, 3.8) is 0 Å².